The van der Waals surface area contributed by atoms with Crippen molar-refractivity contribution in [3.63, 3.8) is 0 Å². The van der Waals surface area contributed by atoms with Crippen molar-refractivity contribution in [2.75, 3.05) is 0 Å². The van der Waals surface area contributed by atoms with Crippen LogP contribution >= 0.6 is 0 Å². The van der Waals surface area contributed by atoms with Gasteiger partial charge in [0.25, 0.3) is 0 Å². The second-order valence-corrected chi connectivity index (χ2v) is 4.77. The van der Waals surface area contributed by atoms with Crippen LogP contribution in [0.3, 0.4) is 0 Å². The fourth-order valence-corrected chi connectivity index (χ4v) is 0.812. The topological polar surface area (TPSA) is 17.1 Å². The first-order valence-corrected chi connectivity index (χ1v) is 7.15. The van der Waals surface area contributed by atoms with E-state index in [4.69, 9.17) is 0 Å². The summed E-state index contributed by atoms with van der Waals surface area (Å²) in [5, 5.41) is 0. The molecule has 0 saturated carbocycles. The molecule has 0 fully saturated rings. The molecule has 1 heteroatoms. The highest BCUT2D eigenvalue weighted by Gasteiger charge is 1.98. The van der Waals surface area contributed by atoms with Gasteiger partial charge in [-0.25, -0.2) is 0 Å². The molecule has 0 amide bonds. The molecule has 0 bridgehead atoms. The van der Waals surface area contributed by atoms with Crippen LogP contribution in [0.15, 0.2) is 34.9 Å². The van der Waals surface area contributed by atoms with Gasteiger partial charge in [-0.3, -0.25) is 4.79 Å². The van der Waals surface area contributed by atoms with Crippen molar-refractivity contribution in [3.8, 4) is 0 Å². The van der Waals surface area contributed by atoms with E-state index in [1.807, 2.05) is 27.7 Å². The van der Waals surface area contributed by atoms with E-state index in [1.54, 1.807) is 6.92 Å². The van der Waals surface area contributed by atoms with Gasteiger partial charge in [-0.1, -0.05) is 56.6 Å². The van der Waals surface area contributed by atoms with Crippen LogP contribution in [0.1, 0.15) is 75.2 Å². The Hall–Kier alpha value is -1.11. The van der Waals surface area contributed by atoms with Crippen molar-refractivity contribution in [3.05, 3.63) is 34.9 Å². The summed E-state index contributed by atoms with van der Waals surface area (Å²) in [6.45, 7) is 21.6. The lowest BCUT2D eigenvalue weighted by molar-refractivity contribution is -0.113. The second-order valence-electron chi connectivity index (χ2n) is 4.77. The molecule has 0 aliphatic rings. The van der Waals surface area contributed by atoms with Gasteiger partial charge in [0.2, 0.25) is 0 Å². The van der Waals surface area contributed by atoms with E-state index >= 15 is 0 Å². The van der Waals surface area contributed by atoms with Crippen LogP contribution in [-0.4, -0.2) is 5.78 Å². The molecular formula is C18H34O. The zero-order valence-electron chi connectivity index (χ0n) is 14.6. The number of Topliss-reactive ketones (excluding diaryl/α,β-unsaturated/α-hetero) is 1. The number of hydrogen-bond acceptors (Lipinski definition) is 1. The second kappa shape index (κ2) is 14.9. The van der Waals surface area contributed by atoms with Crippen molar-refractivity contribution in [1.29, 1.82) is 0 Å². The Morgan fingerprint density at radius 2 is 1.37 bits per heavy atom. The quantitative estimate of drug-likeness (QED) is 0.435. The van der Waals surface area contributed by atoms with Crippen molar-refractivity contribution in [2.24, 2.45) is 0 Å². The number of ketones is 1. The summed E-state index contributed by atoms with van der Waals surface area (Å²) in [5.41, 5.74) is 4.54. The van der Waals surface area contributed by atoms with E-state index in [0.717, 1.165) is 17.6 Å². The van der Waals surface area contributed by atoms with Crippen LogP contribution in [0.4, 0.5) is 0 Å². The predicted octanol–water partition coefficient (Wildman–Crippen LogP) is 6.27. The summed E-state index contributed by atoms with van der Waals surface area (Å²) in [6.07, 6.45) is 4.29. The SMILES string of the molecule is C=C(C)/C(C)=C\C.CC/C(C)=C(\C)C(C)=O.CCC. The van der Waals surface area contributed by atoms with E-state index in [2.05, 4.69) is 40.3 Å². The summed E-state index contributed by atoms with van der Waals surface area (Å²) in [7, 11) is 0. The molecule has 19 heavy (non-hydrogen) atoms. The lowest BCUT2D eigenvalue weighted by atomic mass is 10.1. The molecule has 0 atom stereocenters. The van der Waals surface area contributed by atoms with Gasteiger partial charge >= 0.3 is 0 Å². The van der Waals surface area contributed by atoms with Crippen LogP contribution in [-0.2, 0) is 4.79 Å². The van der Waals surface area contributed by atoms with E-state index < -0.39 is 0 Å². The van der Waals surface area contributed by atoms with Gasteiger partial charge in [-0.2, -0.15) is 0 Å². The number of carbonyl (C=O) groups excluding carboxylic acids is 1. The molecule has 0 aromatic rings. The summed E-state index contributed by atoms with van der Waals surface area (Å²) >= 11 is 0. The van der Waals surface area contributed by atoms with Gasteiger partial charge in [0.15, 0.2) is 5.78 Å². The van der Waals surface area contributed by atoms with Crippen LogP contribution in [0.2, 0.25) is 0 Å². The van der Waals surface area contributed by atoms with Crippen LogP contribution < -0.4 is 0 Å². The molecule has 0 rings (SSSR count). The monoisotopic (exact) mass is 266 g/mol. The normalized spacial score (nSPS) is 11.3. The summed E-state index contributed by atoms with van der Waals surface area (Å²) < 4.78 is 0. The molecule has 1 nitrogen and oxygen atoms in total. The lowest BCUT2D eigenvalue weighted by Crippen LogP contribution is -1.94. The highest BCUT2D eigenvalue weighted by Crippen LogP contribution is 2.06. The standard InChI is InChI=1S/C8H14O.C7H12.C3H8/c1-5-6(2)7(3)8(4)9;1-5-7(4)6(2)3;1-3-2/h5H2,1-4H3;5H,2H2,1,3-4H3;3H2,1-2H3/b7-6+;7-5-;. The first kappa shape index (κ1) is 23.0. The smallest absolute Gasteiger partial charge is 0.155 e. The van der Waals surface area contributed by atoms with Crippen molar-refractivity contribution < 1.29 is 4.79 Å². The summed E-state index contributed by atoms with van der Waals surface area (Å²) in [4.78, 5) is 10.7. The Balaban J connectivity index is -0.000000228. The minimum atomic E-state index is 0.189. The number of allylic oxidation sites excluding steroid dienone is 5. The first-order valence-electron chi connectivity index (χ1n) is 7.15. The van der Waals surface area contributed by atoms with E-state index in [0.29, 0.717) is 0 Å². The maximum absolute atomic E-state index is 10.7. The van der Waals surface area contributed by atoms with Gasteiger partial charge < -0.3 is 0 Å². The maximum Gasteiger partial charge on any atom is 0.155 e. The molecule has 0 aliphatic heterocycles. The zero-order chi connectivity index (χ0) is 16.0. The van der Waals surface area contributed by atoms with Crippen LogP contribution in [0, 0.1) is 0 Å². The third kappa shape index (κ3) is 16.9. The Bertz CT molecular complexity index is 317. The largest absolute Gasteiger partial charge is 0.295 e. The molecule has 112 valence electrons. The molecule has 0 aliphatic carbocycles. The summed E-state index contributed by atoms with van der Waals surface area (Å²) in [5.74, 6) is 0.189. The molecule has 0 unspecified atom stereocenters. The Morgan fingerprint density at radius 3 is 1.42 bits per heavy atom. The molecular weight excluding hydrogens is 232 g/mol. The molecule has 0 N–H and O–H groups in total. The van der Waals surface area contributed by atoms with Crippen molar-refractivity contribution in [1.82, 2.24) is 0 Å². The molecule has 0 saturated heterocycles. The number of hydrogen-bond donors (Lipinski definition) is 0. The minimum Gasteiger partial charge on any atom is -0.295 e. The third-order valence-electron chi connectivity index (χ3n) is 2.80. The molecule has 0 aromatic heterocycles. The number of carbonyl (C=O) groups is 1. The van der Waals surface area contributed by atoms with Gasteiger partial charge in [-0.05, 0) is 53.5 Å². The fourth-order valence-electron chi connectivity index (χ4n) is 0.812. The van der Waals surface area contributed by atoms with Gasteiger partial charge in [0, 0.05) is 0 Å². The molecule has 0 aromatic carbocycles. The fraction of sp³-hybridized carbons (Fsp3) is 0.611. The zero-order valence-corrected chi connectivity index (χ0v) is 14.6. The Labute approximate surface area is 121 Å². The third-order valence-corrected chi connectivity index (χ3v) is 2.80. The summed E-state index contributed by atoms with van der Waals surface area (Å²) in [6, 6.07) is 0. The van der Waals surface area contributed by atoms with E-state index in [-0.39, 0.29) is 5.78 Å². The Kier molecular flexibility index (Phi) is 18.1. The highest BCUT2D eigenvalue weighted by molar-refractivity contribution is 5.93. The average molecular weight is 266 g/mol. The predicted molar refractivity (Wildman–Crippen MR) is 89.6 cm³/mol. The van der Waals surface area contributed by atoms with E-state index in [1.165, 1.54) is 17.6 Å². The van der Waals surface area contributed by atoms with Crippen molar-refractivity contribution >= 4 is 5.78 Å². The highest BCUT2D eigenvalue weighted by atomic mass is 16.1. The van der Waals surface area contributed by atoms with Gasteiger partial charge in [0.1, 0.15) is 0 Å². The molecule has 0 spiro atoms. The first-order chi connectivity index (χ1) is 8.69. The lowest BCUT2D eigenvalue weighted by Gasteiger charge is -1.98. The van der Waals surface area contributed by atoms with Gasteiger partial charge in [0.05, 0.1) is 0 Å². The van der Waals surface area contributed by atoms with Crippen LogP contribution in [0.25, 0.3) is 0 Å². The van der Waals surface area contributed by atoms with E-state index in [9.17, 15) is 4.79 Å². The number of rotatable bonds is 3. The average Bonchev–Trinajstić information content (AvgIpc) is 2.37. The maximum atomic E-state index is 10.7. The Morgan fingerprint density at radius 1 is 1.00 bits per heavy atom. The molecule has 0 radical (unpaired) electrons. The minimum absolute atomic E-state index is 0.189. The van der Waals surface area contributed by atoms with Gasteiger partial charge in [-0.15, -0.1) is 0 Å². The molecule has 0 heterocycles. The van der Waals surface area contributed by atoms with Crippen LogP contribution in [0.5, 0.6) is 0 Å². The van der Waals surface area contributed by atoms with Crippen molar-refractivity contribution in [2.45, 2.75) is 75.2 Å².